The number of methoxy groups -OCH3 is 2. The summed E-state index contributed by atoms with van der Waals surface area (Å²) in [5.41, 5.74) is 0.913. The molecule has 0 radical (unpaired) electrons. The van der Waals surface area contributed by atoms with Crippen LogP contribution in [0.5, 0.6) is 17.2 Å². The zero-order valence-corrected chi connectivity index (χ0v) is 15.4. The largest absolute Gasteiger partial charge is 0.493 e. The van der Waals surface area contributed by atoms with Gasteiger partial charge in [0.2, 0.25) is 0 Å². The molecule has 1 unspecified atom stereocenters. The Morgan fingerprint density at radius 3 is 2.54 bits per heavy atom. The topological polar surface area (TPSA) is 56.8 Å². The summed E-state index contributed by atoms with van der Waals surface area (Å²) in [4.78, 5) is 12.2. The van der Waals surface area contributed by atoms with Gasteiger partial charge in [-0.1, -0.05) is 28.1 Å². The molecule has 0 heterocycles. The van der Waals surface area contributed by atoms with Crippen LogP contribution in [0.25, 0.3) is 0 Å². The van der Waals surface area contributed by atoms with Crippen LogP contribution in [0, 0.1) is 0 Å². The number of hydrogen-bond donors (Lipinski definition) is 1. The van der Waals surface area contributed by atoms with Gasteiger partial charge in [0.25, 0.3) is 5.91 Å². The van der Waals surface area contributed by atoms with E-state index in [0.717, 1.165) is 10.0 Å². The fourth-order valence-electron chi connectivity index (χ4n) is 2.12. The zero-order chi connectivity index (χ0) is 17.5. The molecule has 0 bridgehead atoms. The highest BCUT2D eigenvalue weighted by molar-refractivity contribution is 9.10. The van der Waals surface area contributed by atoms with E-state index >= 15 is 0 Å². The molecule has 6 heteroatoms. The van der Waals surface area contributed by atoms with Crippen molar-refractivity contribution in [2.24, 2.45) is 0 Å². The van der Waals surface area contributed by atoms with Gasteiger partial charge in [0.1, 0.15) is 5.75 Å². The van der Waals surface area contributed by atoms with Crippen molar-refractivity contribution in [1.82, 2.24) is 5.32 Å². The molecule has 1 amide bonds. The third-order valence-corrected chi connectivity index (χ3v) is 3.89. The highest BCUT2D eigenvalue weighted by atomic mass is 79.9. The minimum atomic E-state index is -0.598. The first-order valence-corrected chi connectivity index (χ1v) is 8.23. The fourth-order valence-corrected chi connectivity index (χ4v) is 2.50. The molecule has 0 aliphatic carbocycles. The SMILES string of the molecule is COc1ccc(CNC(=O)C(C)Oc2cccc(Br)c2)cc1OC. The Bertz CT molecular complexity index is 705. The summed E-state index contributed by atoms with van der Waals surface area (Å²) in [5.74, 6) is 1.73. The van der Waals surface area contributed by atoms with Gasteiger partial charge in [-0.25, -0.2) is 0 Å². The van der Waals surface area contributed by atoms with Gasteiger partial charge in [0.15, 0.2) is 17.6 Å². The molecule has 0 fully saturated rings. The van der Waals surface area contributed by atoms with Crippen LogP contribution in [0.2, 0.25) is 0 Å². The molecule has 1 N–H and O–H groups in total. The summed E-state index contributed by atoms with van der Waals surface area (Å²) in [7, 11) is 3.16. The summed E-state index contributed by atoms with van der Waals surface area (Å²) in [5, 5.41) is 2.85. The van der Waals surface area contributed by atoms with Gasteiger partial charge >= 0.3 is 0 Å². The van der Waals surface area contributed by atoms with E-state index in [4.69, 9.17) is 14.2 Å². The van der Waals surface area contributed by atoms with Crippen molar-refractivity contribution >= 4 is 21.8 Å². The lowest BCUT2D eigenvalue weighted by Gasteiger charge is -2.15. The monoisotopic (exact) mass is 393 g/mol. The molecule has 0 saturated carbocycles. The summed E-state index contributed by atoms with van der Waals surface area (Å²) in [6.45, 7) is 2.09. The van der Waals surface area contributed by atoms with E-state index in [9.17, 15) is 4.79 Å². The van der Waals surface area contributed by atoms with Crippen LogP contribution < -0.4 is 19.5 Å². The predicted octanol–water partition coefficient (Wildman–Crippen LogP) is 3.55. The molecule has 0 aliphatic heterocycles. The van der Waals surface area contributed by atoms with Crippen LogP contribution >= 0.6 is 15.9 Å². The van der Waals surface area contributed by atoms with E-state index in [-0.39, 0.29) is 5.91 Å². The van der Waals surface area contributed by atoms with Gasteiger partial charge in [0.05, 0.1) is 14.2 Å². The number of amides is 1. The van der Waals surface area contributed by atoms with Crippen LogP contribution in [-0.4, -0.2) is 26.2 Å². The lowest BCUT2D eigenvalue weighted by molar-refractivity contribution is -0.127. The average molecular weight is 394 g/mol. The Morgan fingerprint density at radius 1 is 1.12 bits per heavy atom. The van der Waals surface area contributed by atoms with Crippen molar-refractivity contribution < 1.29 is 19.0 Å². The number of rotatable bonds is 7. The number of halogens is 1. The van der Waals surface area contributed by atoms with E-state index in [0.29, 0.717) is 23.8 Å². The van der Waals surface area contributed by atoms with Crippen LogP contribution in [0.4, 0.5) is 0 Å². The van der Waals surface area contributed by atoms with E-state index in [1.54, 1.807) is 21.1 Å². The summed E-state index contributed by atoms with van der Waals surface area (Å²) < 4.78 is 17.0. The Morgan fingerprint density at radius 2 is 1.88 bits per heavy atom. The van der Waals surface area contributed by atoms with Crippen LogP contribution in [0.15, 0.2) is 46.9 Å². The Hall–Kier alpha value is -2.21. The highest BCUT2D eigenvalue weighted by Gasteiger charge is 2.15. The molecule has 2 rings (SSSR count). The lowest BCUT2D eigenvalue weighted by atomic mass is 10.2. The Balaban J connectivity index is 1.92. The van der Waals surface area contributed by atoms with Crippen molar-refractivity contribution in [3.63, 3.8) is 0 Å². The summed E-state index contributed by atoms with van der Waals surface area (Å²) in [6, 6.07) is 12.9. The number of carbonyl (C=O) groups excluding carboxylic acids is 1. The van der Waals surface area contributed by atoms with Gasteiger partial charge in [0, 0.05) is 11.0 Å². The van der Waals surface area contributed by atoms with E-state index in [2.05, 4.69) is 21.2 Å². The Kier molecular flexibility index (Phi) is 6.49. The van der Waals surface area contributed by atoms with Gasteiger partial charge < -0.3 is 19.5 Å². The quantitative estimate of drug-likeness (QED) is 0.781. The molecule has 0 saturated heterocycles. The maximum absolute atomic E-state index is 12.2. The zero-order valence-electron chi connectivity index (χ0n) is 13.8. The van der Waals surface area contributed by atoms with E-state index < -0.39 is 6.10 Å². The molecule has 2 aromatic carbocycles. The van der Waals surface area contributed by atoms with Crippen molar-refractivity contribution in [3.05, 3.63) is 52.5 Å². The standard InChI is InChI=1S/C18H20BrNO4/c1-12(24-15-6-4-5-14(19)10-15)18(21)20-11-13-7-8-16(22-2)17(9-13)23-3/h4-10,12H,11H2,1-3H3,(H,20,21). The number of benzene rings is 2. The van der Waals surface area contributed by atoms with Crippen LogP contribution in [0.1, 0.15) is 12.5 Å². The van der Waals surface area contributed by atoms with Crippen molar-refractivity contribution in [2.75, 3.05) is 14.2 Å². The Labute approximate surface area is 150 Å². The van der Waals surface area contributed by atoms with Gasteiger partial charge in [-0.05, 0) is 42.8 Å². The molecule has 2 aromatic rings. The number of nitrogens with one attached hydrogen (secondary N) is 1. The number of carbonyl (C=O) groups is 1. The smallest absolute Gasteiger partial charge is 0.261 e. The van der Waals surface area contributed by atoms with Gasteiger partial charge in [-0.15, -0.1) is 0 Å². The van der Waals surface area contributed by atoms with Crippen molar-refractivity contribution in [2.45, 2.75) is 19.6 Å². The van der Waals surface area contributed by atoms with E-state index in [1.807, 2.05) is 42.5 Å². The van der Waals surface area contributed by atoms with E-state index in [1.165, 1.54) is 0 Å². The molecule has 1 atom stereocenters. The lowest BCUT2D eigenvalue weighted by Crippen LogP contribution is -2.35. The molecular weight excluding hydrogens is 374 g/mol. The molecule has 0 aliphatic rings. The van der Waals surface area contributed by atoms with Crippen molar-refractivity contribution in [3.8, 4) is 17.2 Å². The molecular formula is C18H20BrNO4. The highest BCUT2D eigenvalue weighted by Crippen LogP contribution is 2.27. The minimum Gasteiger partial charge on any atom is -0.493 e. The van der Waals surface area contributed by atoms with Crippen molar-refractivity contribution in [1.29, 1.82) is 0 Å². The summed E-state index contributed by atoms with van der Waals surface area (Å²) in [6.07, 6.45) is -0.598. The first-order chi connectivity index (χ1) is 11.5. The first-order valence-electron chi connectivity index (χ1n) is 7.44. The molecule has 24 heavy (non-hydrogen) atoms. The summed E-state index contributed by atoms with van der Waals surface area (Å²) >= 11 is 3.37. The second-order valence-electron chi connectivity index (χ2n) is 5.12. The number of hydrogen-bond acceptors (Lipinski definition) is 4. The minimum absolute atomic E-state index is 0.190. The third-order valence-electron chi connectivity index (χ3n) is 3.39. The third kappa shape index (κ3) is 4.89. The molecule has 5 nitrogen and oxygen atoms in total. The predicted molar refractivity (Wildman–Crippen MR) is 95.6 cm³/mol. The average Bonchev–Trinajstić information content (AvgIpc) is 2.59. The fraction of sp³-hybridized carbons (Fsp3) is 0.278. The normalized spacial score (nSPS) is 11.5. The maximum atomic E-state index is 12.2. The molecule has 0 aromatic heterocycles. The van der Waals surface area contributed by atoms with Gasteiger partial charge in [-0.3, -0.25) is 4.79 Å². The maximum Gasteiger partial charge on any atom is 0.261 e. The second kappa shape index (κ2) is 8.59. The second-order valence-corrected chi connectivity index (χ2v) is 6.04. The molecule has 0 spiro atoms. The number of ether oxygens (including phenoxy) is 3. The van der Waals surface area contributed by atoms with Crippen LogP contribution in [0.3, 0.4) is 0 Å². The van der Waals surface area contributed by atoms with Crippen LogP contribution in [-0.2, 0) is 11.3 Å². The first kappa shape index (κ1) is 18.1. The molecule has 128 valence electrons. The van der Waals surface area contributed by atoms with Gasteiger partial charge in [-0.2, -0.15) is 0 Å².